The molecule has 1 nitrogen and oxygen atoms in total. The van der Waals surface area contributed by atoms with Gasteiger partial charge in [-0.2, -0.15) is 0 Å². The lowest BCUT2D eigenvalue weighted by Crippen LogP contribution is -1.97. The summed E-state index contributed by atoms with van der Waals surface area (Å²) in [5.41, 5.74) is 3.58. The predicted octanol–water partition coefficient (Wildman–Crippen LogP) is 5.57. The van der Waals surface area contributed by atoms with E-state index in [0.29, 0.717) is 5.15 Å². The molecule has 0 saturated heterocycles. The summed E-state index contributed by atoms with van der Waals surface area (Å²) < 4.78 is 0. The van der Waals surface area contributed by atoms with Crippen LogP contribution in [0, 0.1) is 5.92 Å². The van der Waals surface area contributed by atoms with Gasteiger partial charge in [-0.25, -0.2) is 4.98 Å². The Kier molecular flexibility index (Phi) is 4.26. The number of nitrogens with zero attached hydrogens (tertiary/aromatic N) is 1. The molecule has 106 valence electrons. The van der Waals surface area contributed by atoms with E-state index in [0.717, 1.165) is 23.4 Å². The summed E-state index contributed by atoms with van der Waals surface area (Å²) in [6.45, 7) is 2.12. The molecule has 20 heavy (non-hydrogen) atoms. The van der Waals surface area contributed by atoms with Crippen molar-refractivity contribution >= 4 is 22.5 Å². The maximum atomic E-state index is 6.23. The Morgan fingerprint density at radius 2 is 2.00 bits per heavy atom. The molecule has 0 N–H and O–H groups in total. The van der Waals surface area contributed by atoms with Gasteiger partial charge in [0.2, 0.25) is 0 Å². The van der Waals surface area contributed by atoms with Gasteiger partial charge in [0.15, 0.2) is 0 Å². The third kappa shape index (κ3) is 2.98. The first kappa shape index (κ1) is 13.9. The van der Waals surface area contributed by atoms with Gasteiger partial charge in [-0.05, 0) is 48.4 Å². The van der Waals surface area contributed by atoms with Gasteiger partial charge in [0.25, 0.3) is 0 Å². The molecule has 1 saturated carbocycles. The molecule has 0 spiro atoms. The summed E-state index contributed by atoms with van der Waals surface area (Å²) in [5, 5.41) is 1.86. The highest BCUT2D eigenvalue weighted by Gasteiger charge is 2.14. The van der Waals surface area contributed by atoms with Gasteiger partial charge in [-0.3, -0.25) is 0 Å². The zero-order valence-corrected chi connectivity index (χ0v) is 12.9. The fourth-order valence-corrected chi connectivity index (χ4v) is 3.59. The van der Waals surface area contributed by atoms with Crippen LogP contribution in [0.1, 0.15) is 50.2 Å². The van der Waals surface area contributed by atoms with Crippen LogP contribution in [0.2, 0.25) is 5.15 Å². The van der Waals surface area contributed by atoms with Crippen LogP contribution in [-0.4, -0.2) is 4.98 Å². The molecular formula is C18H22ClN. The number of aromatic nitrogens is 1. The Labute approximate surface area is 126 Å². The van der Waals surface area contributed by atoms with Crippen LogP contribution in [0.3, 0.4) is 0 Å². The minimum atomic E-state index is 0.660. The number of hydrogen-bond donors (Lipinski definition) is 0. The van der Waals surface area contributed by atoms with Crippen LogP contribution in [0.4, 0.5) is 0 Å². The number of aryl methyl sites for hydroxylation is 2. The third-order valence-corrected chi connectivity index (χ3v) is 4.93. The molecule has 0 atom stereocenters. The Morgan fingerprint density at radius 1 is 1.20 bits per heavy atom. The normalized spacial score (nSPS) is 16.1. The minimum absolute atomic E-state index is 0.660. The van der Waals surface area contributed by atoms with Crippen LogP contribution >= 0.6 is 11.6 Å². The predicted molar refractivity (Wildman–Crippen MR) is 86.4 cm³/mol. The lowest BCUT2D eigenvalue weighted by Gasteiger charge is -2.10. The van der Waals surface area contributed by atoms with Crippen LogP contribution in [0.25, 0.3) is 10.9 Å². The number of pyridine rings is 1. The molecule has 2 aromatic rings. The first-order valence-corrected chi connectivity index (χ1v) is 8.22. The van der Waals surface area contributed by atoms with E-state index in [9.17, 15) is 0 Å². The topological polar surface area (TPSA) is 12.9 Å². The van der Waals surface area contributed by atoms with E-state index in [4.69, 9.17) is 11.6 Å². The maximum absolute atomic E-state index is 6.23. The highest BCUT2D eigenvalue weighted by molar-refractivity contribution is 6.30. The second-order valence-electron chi connectivity index (χ2n) is 6.01. The van der Waals surface area contributed by atoms with Gasteiger partial charge in [-0.15, -0.1) is 0 Å². The van der Waals surface area contributed by atoms with Crippen molar-refractivity contribution in [2.24, 2.45) is 5.92 Å². The Hall–Kier alpha value is -1.08. The molecule has 0 aliphatic heterocycles. The molecule has 1 heterocycles. The van der Waals surface area contributed by atoms with Crippen LogP contribution in [-0.2, 0) is 12.8 Å². The molecule has 0 amide bonds. The average Bonchev–Trinajstić information content (AvgIpc) is 2.97. The van der Waals surface area contributed by atoms with Gasteiger partial charge < -0.3 is 0 Å². The van der Waals surface area contributed by atoms with Crippen molar-refractivity contribution < 1.29 is 0 Å². The standard InChI is InChI=1S/C18H22ClN/c1-2-15-12-16-10-9-14(11-17(16)20-18(15)19)8-7-13-5-3-4-6-13/h9-13H,2-8H2,1H3. The lowest BCUT2D eigenvalue weighted by molar-refractivity contribution is 0.504. The van der Waals surface area contributed by atoms with E-state index in [2.05, 4.69) is 36.2 Å². The smallest absolute Gasteiger partial charge is 0.132 e. The molecule has 3 rings (SSSR count). The first-order chi connectivity index (χ1) is 9.76. The fraction of sp³-hybridized carbons (Fsp3) is 0.500. The first-order valence-electron chi connectivity index (χ1n) is 7.84. The summed E-state index contributed by atoms with van der Waals surface area (Å²) >= 11 is 6.23. The van der Waals surface area contributed by atoms with Crippen molar-refractivity contribution in [1.29, 1.82) is 0 Å². The minimum Gasteiger partial charge on any atom is -0.236 e. The Balaban J connectivity index is 1.79. The SMILES string of the molecule is CCc1cc2ccc(CCC3CCCC3)cc2nc1Cl. The Bertz CT molecular complexity index is 600. The molecule has 2 heteroatoms. The molecular weight excluding hydrogens is 266 g/mol. The van der Waals surface area contributed by atoms with E-state index < -0.39 is 0 Å². The van der Waals surface area contributed by atoms with Gasteiger partial charge in [-0.1, -0.05) is 56.3 Å². The van der Waals surface area contributed by atoms with Crippen molar-refractivity contribution in [3.63, 3.8) is 0 Å². The van der Waals surface area contributed by atoms with Crippen molar-refractivity contribution in [1.82, 2.24) is 4.98 Å². The molecule has 0 unspecified atom stereocenters. The fourth-order valence-electron chi connectivity index (χ4n) is 3.31. The van der Waals surface area contributed by atoms with E-state index in [1.165, 1.54) is 49.5 Å². The second-order valence-corrected chi connectivity index (χ2v) is 6.37. The second kappa shape index (κ2) is 6.13. The summed E-state index contributed by atoms with van der Waals surface area (Å²) in [7, 11) is 0. The van der Waals surface area contributed by atoms with E-state index in [1.54, 1.807) is 0 Å². The van der Waals surface area contributed by atoms with Gasteiger partial charge in [0.1, 0.15) is 5.15 Å². The van der Waals surface area contributed by atoms with Gasteiger partial charge in [0.05, 0.1) is 5.52 Å². The monoisotopic (exact) mass is 287 g/mol. The number of rotatable bonds is 4. The van der Waals surface area contributed by atoms with Crippen LogP contribution < -0.4 is 0 Å². The van der Waals surface area contributed by atoms with Crippen molar-refractivity contribution in [2.75, 3.05) is 0 Å². The van der Waals surface area contributed by atoms with Crippen molar-refractivity contribution in [3.05, 3.63) is 40.5 Å². The van der Waals surface area contributed by atoms with Gasteiger partial charge >= 0.3 is 0 Å². The molecule has 0 bridgehead atoms. The van der Waals surface area contributed by atoms with Crippen LogP contribution in [0.15, 0.2) is 24.3 Å². The van der Waals surface area contributed by atoms with Crippen molar-refractivity contribution in [2.45, 2.75) is 51.9 Å². The van der Waals surface area contributed by atoms with Crippen molar-refractivity contribution in [3.8, 4) is 0 Å². The van der Waals surface area contributed by atoms with E-state index >= 15 is 0 Å². The lowest BCUT2D eigenvalue weighted by atomic mass is 9.97. The molecule has 1 aromatic heterocycles. The number of fused-ring (bicyclic) bond motifs is 1. The summed E-state index contributed by atoms with van der Waals surface area (Å²) in [6.07, 6.45) is 9.15. The van der Waals surface area contributed by atoms with Crippen LogP contribution in [0.5, 0.6) is 0 Å². The summed E-state index contributed by atoms with van der Waals surface area (Å²) in [6, 6.07) is 8.84. The molecule has 1 aromatic carbocycles. The summed E-state index contributed by atoms with van der Waals surface area (Å²) in [4.78, 5) is 4.55. The highest BCUT2D eigenvalue weighted by Crippen LogP contribution is 2.29. The zero-order chi connectivity index (χ0) is 13.9. The third-order valence-electron chi connectivity index (χ3n) is 4.61. The number of halogens is 1. The number of benzene rings is 1. The van der Waals surface area contributed by atoms with E-state index in [1.807, 2.05) is 0 Å². The molecule has 1 aliphatic carbocycles. The zero-order valence-electron chi connectivity index (χ0n) is 12.2. The Morgan fingerprint density at radius 3 is 2.75 bits per heavy atom. The average molecular weight is 288 g/mol. The largest absolute Gasteiger partial charge is 0.236 e. The quantitative estimate of drug-likeness (QED) is 0.670. The molecule has 0 radical (unpaired) electrons. The highest BCUT2D eigenvalue weighted by atomic mass is 35.5. The molecule has 1 fully saturated rings. The number of hydrogen-bond acceptors (Lipinski definition) is 1. The maximum Gasteiger partial charge on any atom is 0.132 e. The van der Waals surface area contributed by atoms with E-state index in [-0.39, 0.29) is 0 Å². The van der Waals surface area contributed by atoms with Gasteiger partial charge in [0, 0.05) is 5.39 Å². The molecule has 1 aliphatic rings. The summed E-state index contributed by atoms with van der Waals surface area (Å²) in [5.74, 6) is 0.949.